The number of hydrogen-bond donors (Lipinski definition) is 3. The first-order chi connectivity index (χ1) is 5.45. The van der Waals surface area contributed by atoms with Gasteiger partial charge in [-0.25, -0.2) is 8.42 Å². The Hall–Kier alpha value is -1.04. The number of nitrogens with two attached hydrogens (primary N) is 1. The van der Waals surface area contributed by atoms with Crippen molar-refractivity contribution in [3.05, 3.63) is 11.9 Å². The van der Waals surface area contributed by atoms with E-state index in [0.29, 0.717) is 6.54 Å². The lowest BCUT2D eigenvalue weighted by Gasteiger charge is -1.99. The highest BCUT2D eigenvalue weighted by Crippen LogP contribution is 1.80. The molecule has 0 aromatic heterocycles. The van der Waals surface area contributed by atoms with Crippen LogP contribution in [0.4, 0.5) is 0 Å². The third-order valence-corrected chi connectivity index (χ3v) is 2.00. The molecule has 4 N–H and O–H groups in total. The van der Waals surface area contributed by atoms with Crippen LogP contribution in [0.3, 0.4) is 0 Å². The molecular formula is C6H13N3O2S. The van der Waals surface area contributed by atoms with Gasteiger partial charge in [-0.15, -0.1) is 0 Å². The van der Waals surface area contributed by atoms with Gasteiger partial charge in [-0.3, -0.25) is 0 Å². The third-order valence-electron chi connectivity index (χ3n) is 1.05. The Kier molecular flexibility index (Phi) is 4.35. The summed E-state index contributed by atoms with van der Waals surface area (Å²) in [6.45, 7) is 0.313. The first-order valence-electron chi connectivity index (χ1n) is 3.33. The standard InChI is InChI=1S/C6H13N3O2S/c1-12(10,11)3-2-9-5-6(8)4-7/h4-5,7,9H,2-3,8H2,1H3/b6-5+,7-4?. The van der Waals surface area contributed by atoms with Gasteiger partial charge in [-0.2, -0.15) is 0 Å². The molecule has 0 bridgehead atoms. The zero-order valence-corrected chi connectivity index (χ0v) is 7.69. The molecule has 0 aliphatic carbocycles. The van der Waals surface area contributed by atoms with Gasteiger partial charge in [0.15, 0.2) is 0 Å². The molecule has 0 aromatic carbocycles. The Morgan fingerprint density at radius 1 is 1.67 bits per heavy atom. The molecule has 12 heavy (non-hydrogen) atoms. The molecule has 0 radical (unpaired) electrons. The van der Waals surface area contributed by atoms with E-state index in [1.165, 1.54) is 12.5 Å². The van der Waals surface area contributed by atoms with Gasteiger partial charge in [-0.05, 0) is 0 Å². The molecule has 0 atom stereocenters. The van der Waals surface area contributed by atoms with Crippen LogP contribution in [-0.2, 0) is 9.84 Å². The molecule has 0 rings (SSSR count). The fourth-order valence-corrected chi connectivity index (χ4v) is 0.965. The smallest absolute Gasteiger partial charge is 0.149 e. The summed E-state index contributed by atoms with van der Waals surface area (Å²) in [7, 11) is -2.92. The summed E-state index contributed by atoms with van der Waals surface area (Å²) in [5.74, 6) is 0.0643. The van der Waals surface area contributed by atoms with E-state index < -0.39 is 9.84 Å². The monoisotopic (exact) mass is 191 g/mol. The topological polar surface area (TPSA) is 96.0 Å². The maximum absolute atomic E-state index is 10.6. The van der Waals surface area contributed by atoms with Crippen LogP contribution in [0.15, 0.2) is 11.9 Å². The van der Waals surface area contributed by atoms with Gasteiger partial charge >= 0.3 is 0 Å². The normalized spacial score (nSPS) is 12.6. The average molecular weight is 191 g/mol. The molecule has 0 aliphatic rings. The Balaban J connectivity index is 3.66. The van der Waals surface area contributed by atoms with Crippen LogP contribution in [0.1, 0.15) is 0 Å². The molecular weight excluding hydrogens is 178 g/mol. The van der Waals surface area contributed by atoms with Crippen LogP contribution in [-0.4, -0.2) is 33.2 Å². The van der Waals surface area contributed by atoms with Crippen molar-refractivity contribution < 1.29 is 8.42 Å². The highest BCUT2D eigenvalue weighted by molar-refractivity contribution is 7.90. The largest absolute Gasteiger partial charge is 0.396 e. The summed E-state index contributed by atoms with van der Waals surface area (Å²) < 4.78 is 21.2. The van der Waals surface area contributed by atoms with Gasteiger partial charge in [0, 0.05) is 25.2 Å². The minimum absolute atomic E-state index is 0.0643. The fourth-order valence-electron chi connectivity index (χ4n) is 0.476. The average Bonchev–Trinajstić information content (AvgIpc) is 1.96. The van der Waals surface area contributed by atoms with E-state index in [4.69, 9.17) is 11.1 Å². The van der Waals surface area contributed by atoms with E-state index >= 15 is 0 Å². The van der Waals surface area contributed by atoms with E-state index in [-0.39, 0.29) is 11.4 Å². The molecule has 0 unspecified atom stereocenters. The quantitative estimate of drug-likeness (QED) is 0.386. The Labute approximate surface area is 72.1 Å². The molecule has 70 valence electrons. The molecule has 0 aromatic rings. The van der Waals surface area contributed by atoms with Crippen LogP contribution < -0.4 is 11.1 Å². The highest BCUT2D eigenvalue weighted by Gasteiger charge is 1.98. The number of nitrogens with one attached hydrogen (secondary N) is 2. The van der Waals surface area contributed by atoms with E-state index in [1.54, 1.807) is 0 Å². The summed E-state index contributed by atoms with van der Waals surface area (Å²) in [4.78, 5) is 0. The Bertz CT molecular complexity index is 269. The SMILES string of the molecule is CS(=O)(=O)CCN/C=C(/N)C=N. The van der Waals surface area contributed by atoms with E-state index in [2.05, 4.69) is 5.32 Å². The minimum atomic E-state index is -2.92. The molecule has 0 amide bonds. The Morgan fingerprint density at radius 3 is 2.67 bits per heavy atom. The van der Waals surface area contributed by atoms with Crippen LogP contribution in [0.2, 0.25) is 0 Å². The lowest BCUT2D eigenvalue weighted by atomic mass is 10.5. The molecule has 0 saturated heterocycles. The molecule has 0 fully saturated rings. The van der Waals surface area contributed by atoms with Crippen LogP contribution in [0.5, 0.6) is 0 Å². The van der Waals surface area contributed by atoms with Crippen LogP contribution in [0, 0.1) is 5.41 Å². The lowest BCUT2D eigenvalue weighted by molar-refractivity contribution is 0.600. The minimum Gasteiger partial charge on any atom is -0.396 e. The van der Waals surface area contributed by atoms with Crippen molar-refractivity contribution in [3.8, 4) is 0 Å². The molecule has 0 aliphatic heterocycles. The molecule has 0 heterocycles. The second-order valence-electron chi connectivity index (χ2n) is 2.37. The summed E-state index contributed by atoms with van der Waals surface area (Å²) >= 11 is 0. The summed E-state index contributed by atoms with van der Waals surface area (Å²) in [6, 6.07) is 0. The summed E-state index contributed by atoms with van der Waals surface area (Å²) in [5.41, 5.74) is 5.50. The number of hydrogen-bond acceptors (Lipinski definition) is 5. The third kappa shape index (κ3) is 7.07. The van der Waals surface area contributed by atoms with Crippen molar-refractivity contribution in [1.82, 2.24) is 5.32 Å². The van der Waals surface area contributed by atoms with Gasteiger partial charge in [0.1, 0.15) is 9.84 Å². The van der Waals surface area contributed by atoms with Crippen molar-refractivity contribution in [2.24, 2.45) is 5.73 Å². The number of rotatable bonds is 5. The van der Waals surface area contributed by atoms with E-state index in [9.17, 15) is 8.42 Å². The second kappa shape index (κ2) is 4.76. The van der Waals surface area contributed by atoms with E-state index in [1.807, 2.05) is 0 Å². The molecule has 5 nitrogen and oxygen atoms in total. The van der Waals surface area contributed by atoms with Gasteiger partial charge < -0.3 is 16.5 Å². The van der Waals surface area contributed by atoms with Gasteiger partial charge in [0.2, 0.25) is 0 Å². The zero-order valence-electron chi connectivity index (χ0n) is 6.87. The van der Waals surface area contributed by atoms with Gasteiger partial charge in [0.05, 0.1) is 11.4 Å². The second-order valence-corrected chi connectivity index (χ2v) is 4.63. The van der Waals surface area contributed by atoms with Crippen molar-refractivity contribution in [2.45, 2.75) is 0 Å². The predicted molar refractivity (Wildman–Crippen MR) is 48.8 cm³/mol. The molecule has 0 spiro atoms. The number of sulfone groups is 1. The van der Waals surface area contributed by atoms with Crippen molar-refractivity contribution in [2.75, 3.05) is 18.6 Å². The van der Waals surface area contributed by atoms with Crippen molar-refractivity contribution >= 4 is 16.1 Å². The highest BCUT2D eigenvalue weighted by atomic mass is 32.2. The summed E-state index contributed by atoms with van der Waals surface area (Å²) in [6.07, 6.45) is 3.55. The zero-order chi connectivity index (χ0) is 9.61. The Morgan fingerprint density at radius 2 is 2.25 bits per heavy atom. The van der Waals surface area contributed by atoms with Crippen LogP contribution in [0.25, 0.3) is 0 Å². The number of allylic oxidation sites excluding steroid dienone is 1. The fraction of sp³-hybridized carbons (Fsp3) is 0.500. The predicted octanol–water partition coefficient (Wildman–Crippen LogP) is -0.930. The lowest BCUT2D eigenvalue weighted by Crippen LogP contribution is -2.19. The van der Waals surface area contributed by atoms with Gasteiger partial charge in [0.25, 0.3) is 0 Å². The molecule has 0 saturated carbocycles. The maximum atomic E-state index is 10.6. The van der Waals surface area contributed by atoms with E-state index in [0.717, 1.165) is 6.21 Å². The maximum Gasteiger partial charge on any atom is 0.149 e. The first kappa shape index (κ1) is 11.0. The van der Waals surface area contributed by atoms with Crippen LogP contribution >= 0.6 is 0 Å². The van der Waals surface area contributed by atoms with Crippen molar-refractivity contribution in [3.63, 3.8) is 0 Å². The summed E-state index contributed by atoms with van der Waals surface area (Å²) in [5, 5.41) is 9.37. The first-order valence-corrected chi connectivity index (χ1v) is 5.39. The van der Waals surface area contributed by atoms with Gasteiger partial charge in [-0.1, -0.05) is 0 Å². The van der Waals surface area contributed by atoms with Crippen molar-refractivity contribution in [1.29, 1.82) is 5.41 Å². The molecule has 6 heteroatoms.